The van der Waals surface area contributed by atoms with E-state index in [4.69, 9.17) is 4.42 Å². The molecule has 7 nitrogen and oxygen atoms in total. The van der Waals surface area contributed by atoms with Crippen molar-refractivity contribution in [2.24, 2.45) is 4.99 Å². The number of nitro groups is 1. The van der Waals surface area contributed by atoms with Crippen LogP contribution in [0.3, 0.4) is 0 Å². The van der Waals surface area contributed by atoms with Gasteiger partial charge >= 0.3 is 0 Å². The van der Waals surface area contributed by atoms with E-state index in [1.807, 2.05) is 24.3 Å². The van der Waals surface area contributed by atoms with Gasteiger partial charge in [-0.2, -0.15) is 0 Å². The fraction of sp³-hybridized carbons (Fsp3) is 0.0909. The highest BCUT2D eigenvalue weighted by atomic mass is 32.2. The van der Waals surface area contributed by atoms with Gasteiger partial charge in [-0.05, 0) is 60.1 Å². The van der Waals surface area contributed by atoms with Gasteiger partial charge in [0.05, 0.1) is 15.5 Å². The Balaban J connectivity index is 1.50. The van der Waals surface area contributed by atoms with Crippen molar-refractivity contribution in [2.45, 2.75) is 13.3 Å². The summed E-state index contributed by atoms with van der Waals surface area (Å²) in [6, 6.07) is 17.5. The Labute approximate surface area is 176 Å². The highest BCUT2D eigenvalue weighted by Crippen LogP contribution is 2.30. The molecule has 0 saturated carbocycles. The molecule has 4 rings (SSSR count). The van der Waals surface area contributed by atoms with Crippen LogP contribution in [-0.2, 0) is 11.2 Å². The Morgan fingerprint density at radius 2 is 1.83 bits per heavy atom. The first kappa shape index (κ1) is 19.7. The maximum Gasteiger partial charge on any atom is 0.269 e. The maximum absolute atomic E-state index is 12.3. The van der Waals surface area contributed by atoms with E-state index in [1.165, 1.54) is 29.5 Å². The molecule has 0 bridgehead atoms. The minimum absolute atomic E-state index is 0.0165. The van der Waals surface area contributed by atoms with Crippen LogP contribution in [-0.4, -0.2) is 16.0 Å². The zero-order valence-corrected chi connectivity index (χ0v) is 16.8. The number of carbonyl (C=O) groups is 1. The lowest BCUT2D eigenvalue weighted by molar-refractivity contribution is -0.384. The molecule has 0 radical (unpaired) electrons. The van der Waals surface area contributed by atoms with E-state index in [-0.39, 0.29) is 11.6 Å². The molecule has 1 aliphatic heterocycles. The number of thioether (sulfide) groups is 1. The first-order valence-corrected chi connectivity index (χ1v) is 10.1. The molecule has 1 aliphatic rings. The summed E-state index contributed by atoms with van der Waals surface area (Å²) >= 11 is 1.24. The van der Waals surface area contributed by atoms with Gasteiger partial charge < -0.3 is 9.73 Å². The second-order valence-corrected chi connectivity index (χ2v) is 7.54. The number of carbonyl (C=O) groups excluding carboxylic acids is 1. The summed E-state index contributed by atoms with van der Waals surface area (Å²) in [5, 5.41) is 14.0. The van der Waals surface area contributed by atoms with Crippen molar-refractivity contribution in [3.8, 4) is 11.3 Å². The lowest BCUT2D eigenvalue weighted by Crippen LogP contribution is -2.19. The summed E-state index contributed by atoms with van der Waals surface area (Å²) in [7, 11) is 0. The molecule has 30 heavy (non-hydrogen) atoms. The number of aliphatic imine (C=N–C) groups is 1. The Morgan fingerprint density at radius 1 is 1.10 bits per heavy atom. The summed E-state index contributed by atoms with van der Waals surface area (Å²) < 4.78 is 5.78. The van der Waals surface area contributed by atoms with Crippen molar-refractivity contribution >= 4 is 40.3 Å². The number of non-ortho nitro benzene ring substituents is 1. The second-order valence-electron chi connectivity index (χ2n) is 6.51. The maximum atomic E-state index is 12.3. The van der Waals surface area contributed by atoms with Crippen LogP contribution >= 0.6 is 11.8 Å². The fourth-order valence-corrected chi connectivity index (χ4v) is 3.69. The predicted octanol–water partition coefficient (Wildman–Crippen LogP) is 5.31. The largest absolute Gasteiger partial charge is 0.457 e. The Bertz CT molecular complexity index is 1160. The standard InChI is InChI=1S/C22H17N3O4S/c1-2-14-3-7-16(8-4-14)23-22-24-21(26)20(30-22)13-18-11-12-19(29-18)15-5-9-17(10-6-15)25(27)28/h3-13H,2H2,1H3,(H,23,24,26). The highest BCUT2D eigenvalue weighted by Gasteiger charge is 2.24. The molecular formula is C22H17N3O4S. The average molecular weight is 419 g/mol. The lowest BCUT2D eigenvalue weighted by Gasteiger charge is -1.98. The van der Waals surface area contributed by atoms with E-state index < -0.39 is 4.92 Å². The minimum Gasteiger partial charge on any atom is -0.457 e. The minimum atomic E-state index is -0.449. The molecule has 2 heterocycles. The van der Waals surface area contributed by atoms with Gasteiger partial charge in [-0.3, -0.25) is 14.9 Å². The van der Waals surface area contributed by atoms with E-state index in [1.54, 1.807) is 30.3 Å². The molecule has 0 spiro atoms. The number of hydrogen-bond donors (Lipinski definition) is 1. The van der Waals surface area contributed by atoms with Crippen LogP contribution in [0.5, 0.6) is 0 Å². The molecular weight excluding hydrogens is 402 g/mol. The van der Waals surface area contributed by atoms with E-state index in [0.29, 0.717) is 27.2 Å². The molecule has 2 aromatic carbocycles. The van der Waals surface area contributed by atoms with Crippen LogP contribution in [0.15, 0.2) is 75.0 Å². The Kier molecular flexibility index (Phi) is 5.49. The smallest absolute Gasteiger partial charge is 0.269 e. The first-order chi connectivity index (χ1) is 14.5. The van der Waals surface area contributed by atoms with E-state index in [2.05, 4.69) is 17.2 Å². The summed E-state index contributed by atoms with van der Waals surface area (Å²) in [6.45, 7) is 2.09. The van der Waals surface area contributed by atoms with Gasteiger partial charge in [-0.15, -0.1) is 0 Å². The van der Waals surface area contributed by atoms with E-state index >= 15 is 0 Å². The normalized spacial score (nSPS) is 16.2. The highest BCUT2D eigenvalue weighted by molar-refractivity contribution is 8.18. The zero-order chi connectivity index (χ0) is 21.1. The molecule has 1 saturated heterocycles. The van der Waals surface area contributed by atoms with Crippen LogP contribution in [0.25, 0.3) is 17.4 Å². The number of hydrogen-bond acceptors (Lipinski definition) is 6. The number of furan rings is 1. The van der Waals surface area contributed by atoms with Crippen LogP contribution < -0.4 is 5.32 Å². The second kappa shape index (κ2) is 8.38. The van der Waals surface area contributed by atoms with E-state index in [9.17, 15) is 14.9 Å². The van der Waals surface area contributed by atoms with Gasteiger partial charge in [0.15, 0.2) is 5.17 Å². The lowest BCUT2D eigenvalue weighted by atomic mass is 10.1. The fourth-order valence-electron chi connectivity index (χ4n) is 2.87. The average Bonchev–Trinajstić information content (AvgIpc) is 3.35. The number of amidine groups is 1. The van der Waals surface area contributed by atoms with Gasteiger partial charge in [-0.25, -0.2) is 4.99 Å². The van der Waals surface area contributed by atoms with Gasteiger partial charge in [0.25, 0.3) is 11.6 Å². The number of rotatable bonds is 5. The van der Waals surface area contributed by atoms with Crippen LogP contribution in [0.1, 0.15) is 18.2 Å². The number of amides is 1. The van der Waals surface area contributed by atoms with E-state index in [0.717, 1.165) is 12.1 Å². The van der Waals surface area contributed by atoms with Crippen LogP contribution in [0.4, 0.5) is 11.4 Å². The monoisotopic (exact) mass is 419 g/mol. The number of nitrogens with zero attached hydrogens (tertiary/aromatic N) is 2. The molecule has 1 aromatic heterocycles. The third-order valence-corrected chi connectivity index (χ3v) is 5.40. The molecule has 3 aromatic rings. The number of benzene rings is 2. The summed E-state index contributed by atoms with van der Waals surface area (Å²) in [4.78, 5) is 27.5. The molecule has 1 fully saturated rings. The zero-order valence-electron chi connectivity index (χ0n) is 16.0. The quantitative estimate of drug-likeness (QED) is 0.343. The summed E-state index contributed by atoms with van der Waals surface area (Å²) in [5.74, 6) is 0.830. The molecule has 1 N–H and O–H groups in total. The van der Waals surface area contributed by atoms with Crippen molar-refractivity contribution < 1.29 is 14.1 Å². The molecule has 0 aliphatic carbocycles. The third-order valence-electron chi connectivity index (χ3n) is 4.49. The van der Waals surface area contributed by atoms with Crippen LogP contribution in [0.2, 0.25) is 0 Å². The summed E-state index contributed by atoms with van der Waals surface area (Å²) in [6.07, 6.45) is 2.61. The summed E-state index contributed by atoms with van der Waals surface area (Å²) in [5.41, 5.74) is 2.73. The van der Waals surface area contributed by atoms with Crippen molar-refractivity contribution in [3.63, 3.8) is 0 Å². The molecule has 0 unspecified atom stereocenters. The van der Waals surface area contributed by atoms with Crippen molar-refractivity contribution in [2.75, 3.05) is 0 Å². The van der Waals surface area contributed by atoms with Crippen molar-refractivity contribution in [1.29, 1.82) is 0 Å². The Morgan fingerprint density at radius 3 is 2.50 bits per heavy atom. The van der Waals surface area contributed by atoms with Gasteiger partial charge in [0.1, 0.15) is 11.5 Å². The van der Waals surface area contributed by atoms with Crippen LogP contribution in [0, 0.1) is 10.1 Å². The van der Waals surface area contributed by atoms with Gasteiger partial charge in [-0.1, -0.05) is 19.1 Å². The first-order valence-electron chi connectivity index (χ1n) is 9.25. The van der Waals surface area contributed by atoms with Crippen molar-refractivity contribution in [1.82, 2.24) is 5.32 Å². The predicted molar refractivity (Wildman–Crippen MR) is 117 cm³/mol. The topological polar surface area (TPSA) is 97.7 Å². The molecule has 0 atom stereocenters. The molecule has 8 heteroatoms. The third kappa shape index (κ3) is 4.33. The van der Waals surface area contributed by atoms with Gasteiger partial charge in [0.2, 0.25) is 0 Å². The number of nitrogens with one attached hydrogen (secondary N) is 1. The molecule has 1 amide bonds. The molecule has 150 valence electrons. The number of nitro benzene ring substituents is 1. The number of aryl methyl sites for hydroxylation is 1. The van der Waals surface area contributed by atoms with Gasteiger partial charge in [0, 0.05) is 23.8 Å². The Hall–Kier alpha value is -3.65. The SMILES string of the molecule is CCc1ccc(N=C2NC(=O)C(=Cc3ccc(-c4ccc([N+](=O)[O-])cc4)o3)S2)cc1. The van der Waals surface area contributed by atoms with Crippen molar-refractivity contribution in [3.05, 3.63) is 87.0 Å².